The van der Waals surface area contributed by atoms with Crippen molar-refractivity contribution in [3.05, 3.63) is 108 Å². The summed E-state index contributed by atoms with van der Waals surface area (Å²) in [6, 6.07) is 31.0. The van der Waals surface area contributed by atoms with E-state index in [-0.39, 0.29) is 16.9 Å². The largest absolute Gasteiger partial charge is 0.507 e. The Morgan fingerprint density at radius 2 is 0.971 bits per heavy atom. The summed E-state index contributed by atoms with van der Waals surface area (Å²) in [7, 11) is 0. The summed E-state index contributed by atoms with van der Waals surface area (Å²) in [6.45, 7) is 5.30. The average molecular weight is 463 g/mol. The third-order valence-electron chi connectivity index (χ3n) is 5.80. The normalized spacial score (nSPS) is 11.9. The van der Waals surface area contributed by atoms with E-state index in [2.05, 4.69) is 23.8 Å². The highest BCUT2D eigenvalue weighted by Gasteiger charge is 2.17. The first-order valence-electron chi connectivity index (χ1n) is 11.7. The molecule has 4 aromatic carbocycles. The van der Waals surface area contributed by atoms with Crippen molar-refractivity contribution in [2.75, 3.05) is 13.1 Å². The Morgan fingerprint density at radius 3 is 1.37 bits per heavy atom. The maximum Gasteiger partial charge on any atom is 0.132 e. The number of hydrogen-bond acceptors (Lipinski definition) is 4. The number of nitrogens with zero attached hydrogens (tertiary/aromatic N) is 2. The van der Waals surface area contributed by atoms with Crippen LogP contribution in [0, 0.1) is 5.41 Å². The zero-order chi connectivity index (χ0) is 24.7. The van der Waals surface area contributed by atoms with Crippen molar-refractivity contribution in [1.82, 2.24) is 0 Å². The molecule has 4 heteroatoms. The van der Waals surface area contributed by atoms with Crippen molar-refractivity contribution in [2.45, 2.75) is 13.8 Å². The summed E-state index contributed by atoms with van der Waals surface area (Å²) in [4.78, 5) is 9.20. The van der Waals surface area contributed by atoms with E-state index in [0.29, 0.717) is 24.2 Å². The monoisotopic (exact) mass is 462 g/mol. The topological polar surface area (TPSA) is 65.2 Å². The van der Waals surface area contributed by atoms with Crippen LogP contribution in [0.3, 0.4) is 0 Å². The molecule has 0 saturated heterocycles. The minimum absolute atomic E-state index is 0.188. The maximum atomic E-state index is 10.7. The van der Waals surface area contributed by atoms with Crippen LogP contribution in [0.4, 0.5) is 0 Å². The third kappa shape index (κ3) is 6.04. The van der Waals surface area contributed by atoms with Crippen LogP contribution in [0.1, 0.15) is 25.0 Å². The Labute approximate surface area is 207 Å². The first-order chi connectivity index (χ1) is 16.9. The molecule has 4 rings (SSSR count). The molecule has 0 aliphatic carbocycles. The second kappa shape index (κ2) is 10.8. The smallest absolute Gasteiger partial charge is 0.132 e. The number of aromatic hydroxyl groups is 2. The third-order valence-corrected chi connectivity index (χ3v) is 5.80. The number of phenols is 2. The summed E-state index contributed by atoms with van der Waals surface area (Å²) in [5, 5.41) is 21.5. The molecule has 4 aromatic rings. The van der Waals surface area contributed by atoms with Gasteiger partial charge in [-0.2, -0.15) is 0 Å². The van der Waals surface area contributed by atoms with Gasteiger partial charge >= 0.3 is 0 Å². The number of hydrogen-bond donors (Lipinski definition) is 2. The number of phenolic OH excluding ortho intramolecular Hbond substituents is 2. The van der Waals surface area contributed by atoms with Gasteiger partial charge in [-0.15, -0.1) is 0 Å². The minimum atomic E-state index is -0.188. The second-order valence-corrected chi connectivity index (χ2v) is 9.32. The van der Waals surface area contributed by atoms with Gasteiger partial charge in [-0.25, -0.2) is 0 Å². The first-order valence-corrected chi connectivity index (χ1v) is 11.7. The van der Waals surface area contributed by atoms with E-state index in [1.54, 1.807) is 12.4 Å². The van der Waals surface area contributed by atoms with Crippen LogP contribution in [-0.2, 0) is 0 Å². The number of benzene rings is 4. The van der Waals surface area contributed by atoms with Crippen molar-refractivity contribution in [1.29, 1.82) is 0 Å². The van der Waals surface area contributed by atoms with Crippen molar-refractivity contribution < 1.29 is 10.2 Å². The van der Waals surface area contributed by atoms with Crippen LogP contribution >= 0.6 is 0 Å². The fourth-order valence-corrected chi connectivity index (χ4v) is 3.86. The Balaban J connectivity index is 1.41. The molecule has 0 heterocycles. The fourth-order valence-electron chi connectivity index (χ4n) is 3.86. The quantitative estimate of drug-likeness (QED) is 0.277. The fraction of sp³-hybridized carbons (Fsp3) is 0.161. The van der Waals surface area contributed by atoms with Crippen molar-refractivity contribution in [2.24, 2.45) is 15.4 Å². The van der Waals surface area contributed by atoms with Gasteiger partial charge < -0.3 is 10.2 Å². The van der Waals surface area contributed by atoms with Gasteiger partial charge in [0.15, 0.2) is 0 Å². The molecule has 0 saturated carbocycles. The Morgan fingerprint density at radius 1 is 0.571 bits per heavy atom. The Bertz CT molecular complexity index is 1220. The minimum Gasteiger partial charge on any atom is -0.507 e. The molecule has 0 unspecified atom stereocenters. The molecule has 0 fully saturated rings. The summed E-state index contributed by atoms with van der Waals surface area (Å²) >= 11 is 0. The number of para-hydroxylation sites is 2. The van der Waals surface area contributed by atoms with Gasteiger partial charge in [-0.05, 0) is 23.3 Å². The van der Waals surface area contributed by atoms with Crippen LogP contribution in [0.25, 0.3) is 22.3 Å². The van der Waals surface area contributed by atoms with E-state index in [0.717, 1.165) is 22.3 Å². The lowest BCUT2D eigenvalue weighted by molar-refractivity contribution is 0.396. The zero-order valence-electron chi connectivity index (χ0n) is 20.1. The number of aliphatic imine (C=N–C) groups is 2. The van der Waals surface area contributed by atoms with E-state index in [1.807, 2.05) is 97.1 Å². The molecular weight excluding hydrogens is 432 g/mol. The van der Waals surface area contributed by atoms with E-state index >= 15 is 0 Å². The highest BCUT2D eigenvalue weighted by atomic mass is 16.3. The zero-order valence-corrected chi connectivity index (χ0v) is 20.1. The molecule has 0 radical (unpaired) electrons. The van der Waals surface area contributed by atoms with Crippen LogP contribution in [0.15, 0.2) is 107 Å². The van der Waals surface area contributed by atoms with Gasteiger partial charge in [0.25, 0.3) is 0 Å². The van der Waals surface area contributed by atoms with E-state index in [4.69, 9.17) is 0 Å². The molecule has 0 atom stereocenters. The lowest BCUT2D eigenvalue weighted by Crippen LogP contribution is -2.19. The highest BCUT2D eigenvalue weighted by Crippen LogP contribution is 2.32. The van der Waals surface area contributed by atoms with Gasteiger partial charge in [0.2, 0.25) is 0 Å². The van der Waals surface area contributed by atoms with E-state index in [1.165, 1.54) is 0 Å². The van der Waals surface area contributed by atoms with Gasteiger partial charge in [-0.1, -0.05) is 98.8 Å². The summed E-state index contributed by atoms with van der Waals surface area (Å²) < 4.78 is 0. The highest BCUT2D eigenvalue weighted by molar-refractivity contribution is 5.89. The van der Waals surface area contributed by atoms with Crippen LogP contribution in [0.2, 0.25) is 0 Å². The SMILES string of the molecule is CC(C)(C/N=C/c1cccc(-c2ccccc2)c1O)C/N=C/c1cccc(-c2ccccc2)c1O. The summed E-state index contributed by atoms with van der Waals surface area (Å²) in [6.07, 6.45) is 3.45. The summed E-state index contributed by atoms with van der Waals surface area (Å²) in [5.74, 6) is 0.458. The standard InChI is InChI=1S/C31H30N2O2/c1-31(2,21-32-19-25-15-9-17-27(29(25)34)23-11-5-3-6-12-23)22-33-20-26-16-10-18-28(30(26)35)24-13-7-4-8-14-24/h3-20,34-35H,21-22H2,1-2H3/b32-19+,33-20+. The molecule has 0 amide bonds. The van der Waals surface area contributed by atoms with Crippen LogP contribution in [-0.4, -0.2) is 35.7 Å². The Hall–Kier alpha value is -4.18. The van der Waals surface area contributed by atoms with Crippen molar-refractivity contribution in [3.8, 4) is 33.8 Å². The molecule has 0 aliphatic heterocycles. The van der Waals surface area contributed by atoms with Crippen LogP contribution < -0.4 is 0 Å². The summed E-state index contributed by atoms with van der Waals surface area (Å²) in [5.41, 5.74) is 4.70. The predicted octanol–water partition coefficient (Wildman–Crippen LogP) is 7.00. The van der Waals surface area contributed by atoms with E-state index < -0.39 is 0 Å². The predicted molar refractivity (Wildman–Crippen MR) is 146 cm³/mol. The average Bonchev–Trinajstić information content (AvgIpc) is 2.87. The molecule has 4 nitrogen and oxygen atoms in total. The first kappa shape index (κ1) is 24.0. The lowest BCUT2D eigenvalue weighted by Gasteiger charge is -2.19. The van der Waals surface area contributed by atoms with Gasteiger partial charge in [0.1, 0.15) is 11.5 Å². The molecule has 176 valence electrons. The van der Waals surface area contributed by atoms with Crippen molar-refractivity contribution in [3.63, 3.8) is 0 Å². The Kier molecular flexibility index (Phi) is 7.41. The molecular formula is C31H30N2O2. The lowest BCUT2D eigenvalue weighted by atomic mass is 9.94. The van der Waals surface area contributed by atoms with Gasteiger partial charge in [0.05, 0.1) is 0 Å². The molecule has 0 bridgehead atoms. The number of rotatable bonds is 8. The molecule has 35 heavy (non-hydrogen) atoms. The molecule has 0 spiro atoms. The van der Waals surface area contributed by atoms with Gasteiger partial charge in [-0.3, -0.25) is 9.98 Å². The molecule has 0 aliphatic rings. The maximum absolute atomic E-state index is 10.7. The molecule has 0 aromatic heterocycles. The van der Waals surface area contributed by atoms with E-state index in [9.17, 15) is 10.2 Å². The van der Waals surface area contributed by atoms with Crippen molar-refractivity contribution >= 4 is 12.4 Å². The molecule has 2 N–H and O–H groups in total. The van der Waals surface area contributed by atoms with Gasteiger partial charge in [0, 0.05) is 53.2 Å². The second-order valence-electron chi connectivity index (χ2n) is 9.32. The van der Waals surface area contributed by atoms with Crippen LogP contribution in [0.5, 0.6) is 11.5 Å².